The Morgan fingerprint density at radius 2 is 1.52 bits per heavy atom. The van der Waals surface area contributed by atoms with Crippen LogP contribution in [0.5, 0.6) is 0 Å². The number of hydrogen-bond acceptors (Lipinski definition) is 6. The van der Waals surface area contributed by atoms with Gasteiger partial charge in [0.15, 0.2) is 0 Å². The molecular formula is C24H14F10N4O5S. The molecule has 20 heteroatoms. The van der Waals surface area contributed by atoms with Gasteiger partial charge in [-0.25, -0.2) is 26.5 Å². The highest BCUT2D eigenvalue weighted by molar-refractivity contribution is 7.93. The molecule has 0 fully saturated rings. The molecule has 0 aliphatic rings. The predicted molar refractivity (Wildman–Crippen MR) is 130 cm³/mol. The van der Waals surface area contributed by atoms with Crippen molar-refractivity contribution in [3.63, 3.8) is 0 Å². The van der Waals surface area contributed by atoms with Gasteiger partial charge >= 0.3 is 24.2 Å². The zero-order valence-electron chi connectivity index (χ0n) is 21.7. The summed E-state index contributed by atoms with van der Waals surface area (Å²) >= 11 is 0. The summed E-state index contributed by atoms with van der Waals surface area (Å²) in [7, 11) is -4.71. The third-order valence-electron chi connectivity index (χ3n) is 5.97. The van der Waals surface area contributed by atoms with E-state index in [0.29, 0.717) is 7.05 Å². The molecule has 44 heavy (non-hydrogen) atoms. The highest BCUT2D eigenvalue weighted by atomic mass is 32.2. The maximum atomic E-state index is 15.1. The fourth-order valence-corrected chi connectivity index (χ4v) is 4.93. The molecule has 3 aromatic rings. The van der Waals surface area contributed by atoms with E-state index in [1.807, 2.05) is 0 Å². The molecule has 1 heterocycles. The number of carbonyl (C=O) groups is 1. The highest BCUT2D eigenvalue weighted by Gasteiger charge is 2.42. The van der Waals surface area contributed by atoms with Crippen LogP contribution in [0, 0.1) is 17.1 Å². The van der Waals surface area contributed by atoms with E-state index >= 15 is 4.39 Å². The first-order valence-corrected chi connectivity index (χ1v) is 13.1. The number of alkyl halides is 9. The SMILES string of the molecule is CCS(=O)(=O)N(C(=O)c1cc(C(F)(F)F)ccc1C(F)(F)F)c1cc(-n2c(=O)cc(C(F)(F)F)n(C)c2=O)c(F)cc1C#N. The number of nitrogens with zero attached hydrogens (tertiary/aromatic N) is 4. The van der Waals surface area contributed by atoms with E-state index in [4.69, 9.17) is 0 Å². The van der Waals surface area contributed by atoms with Crippen LogP contribution in [0.2, 0.25) is 0 Å². The lowest BCUT2D eigenvalue weighted by Gasteiger charge is -2.25. The molecular weight excluding hydrogens is 646 g/mol. The van der Waals surface area contributed by atoms with Crippen molar-refractivity contribution in [3.05, 3.63) is 91.0 Å². The van der Waals surface area contributed by atoms with Gasteiger partial charge in [0.05, 0.1) is 39.4 Å². The summed E-state index contributed by atoms with van der Waals surface area (Å²) in [5.41, 5.74) is -15.1. The van der Waals surface area contributed by atoms with Crippen LogP contribution in [0.4, 0.5) is 49.6 Å². The van der Waals surface area contributed by atoms with Gasteiger partial charge in [-0.2, -0.15) is 44.8 Å². The summed E-state index contributed by atoms with van der Waals surface area (Å²) in [6.45, 7) is 0.832. The van der Waals surface area contributed by atoms with Crippen LogP contribution < -0.4 is 15.6 Å². The Labute approximate surface area is 238 Å². The summed E-state index contributed by atoms with van der Waals surface area (Å²) < 4.78 is 161. The molecule has 2 aromatic carbocycles. The van der Waals surface area contributed by atoms with Crippen molar-refractivity contribution in [2.45, 2.75) is 25.5 Å². The van der Waals surface area contributed by atoms with E-state index in [1.54, 1.807) is 0 Å². The molecule has 236 valence electrons. The van der Waals surface area contributed by atoms with Crippen LogP contribution in [-0.4, -0.2) is 29.2 Å². The van der Waals surface area contributed by atoms with E-state index in [2.05, 4.69) is 0 Å². The number of hydrogen-bond donors (Lipinski definition) is 0. The number of anilines is 1. The van der Waals surface area contributed by atoms with Crippen LogP contribution in [-0.2, 0) is 35.6 Å². The molecule has 0 radical (unpaired) electrons. The van der Waals surface area contributed by atoms with Crippen molar-refractivity contribution in [2.24, 2.45) is 7.05 Å². The van der Waals surface area contributed by atoms with Gasteiger partial charge in [-0.15, -0.1) is 0 Å². The number of halogens is 10. The lowest BCUT2D eigenvalue weighted by Crippen LogP contribution is -2.42. The number of benzene rings is 2. The zero-order chi connectivity index (χ0) is 33.7. The van der Waals surface area contributed by atoms with E-state index in [0.717, 1.165) is 6.92 Å². The first kappa shape index (κ1) is 33.8. The van der Waals surface area contributed by atoms with Crippen molar-refractivity contribution >= 4 is 21.6 Å². The number of amides is 1. The zero-order valence-corrected chi connectivity index (χ0v) is 22.5. The Hall–Kier alpha value is -4.67. The normalized spacial score (nSPS) is 12.6. The molecule has 3 rings (SSSR count). The molecule has 0 saturated heterocycles. The van der Waals surface area contributed by atoms with Crippen LogP contribution >= 0.6 is 0 Å². The summed E-state index contributed by atoms with van der Waals surface area (Å²) in [4.78, 5) is 38.7. The molecule has 1 amide bonds. The standard InChI is InChI=1S/C24H14F10N4O5S/c1-3-44(42,43)38(20(40)13-7-12(22(26,27)28)4-5-14(13)23(29,30)31)16-8-17(15(25)6-11(16)10-35)37-19(39)9-18(24(32,33)34)36(2)21(37)41/h4-9H,3H2,1-2H3. The first-order chi connectivity index (χ1) is 20.0. The second-order valence-corrected chi connectivity index (χ2v) is 10.8. The number of nitriles is 1. The Balaban J connectivity index is 2.48. The number of aromatic nitrogens is 2. The van der Waals surface area contributed by atoms with Crippen molar-refractivity contribution in [3.8, 4) is 11.8 Å². The van der Waals surface area contributed by atoms with Gasteiger partial charge in [0, 0.05) is 13.1 Å². The summed E-state index contributed by atoms with van der Waals surface area (Å²) in [6.07, 6.45) is -16.1. The minimum Gasteiger partial charge on any atom is -0.292 e. The minimum absolute atomic E-state index is 0.0399. The maximum absolute atomic E-state index is 15.1. The van der Waals surface area contributed by atoms with Crippen molar-refractivity contribution in [1.29, 1.82) is 5.26 Å². The first-order valence-electron chi connectivity index (χ1n) is 11.5. The average molecular weight is 660 g/mol. The average Bonchev–Trinajstić information content (AvgIpc) is 2.90. The Bertz CT molecular complexity index is 1940. The van der Waals surface area contributed by atoms with E-state index in [9.17, 15) is 67.6 Å². The second-order valence-electron chi connectivity index (χ2n) is 8.70. The van der Waals surface area contributed by atoms with Gasteiger partial charge in [0.1, 0.15) is 17.6 Å². The van der Waals surface area contributed by atoms with Gasteiger partial charge in [-0.1, -0.05) is 0 Å². The summed E-state index contributed by atoms with van der Waals surface area (Å²) in [5, 5.41) is 9.52. The molecule has 0 spiro atoms. The molecule has 0 bridgehead atoms. The van der Waals surface area contributed by atoms with Gasteiger partial charge in [0.25, 0.3) is 11.5 Å². The molecule has 0 saturated carbocycles. The molecule has 0 unspecified atom stereocenters. The van der Waals surface area contributed by atoms with Crippen LogP contribution in [0.15, 0.2) is 46.0 Å². The van der Waals surface area contributed by atoms with E-state index in [1.165, 1.54) is 6.07 Å². The molecule has 9 nitrogen and oxygen atoms in total. The lowest BCUT2D eigenvalue weighted by molar-refractivity contribution is -0.144. The van der Waals surface area contributed by atoms with Crippen LogP contribution in [0.3, 0.4) is 0 Å². The third-order valence-corrected chi connectivity index (χ3v) is 7.61. The quantitative estimate of drug-likeness (QED) is 0.369. The molecule has 0 N–H and O–H groups in total. The maximum Gasteiger partial charge on any atom is 0.431 e. The molecule has 0 atom stereocenters. The van der Waals surface area contributed by atoms with Crippen molar-refractivity contribution in [1.82, 2.24) is 9.13 Å². The Morgan fingerprint density at radius 3 is 2.00 bits per heavy atom. The minimum atomic E-state index is -5.54. The van der Waals surface area contributed by atoms with Crippen molar-refractivity contribution < 1.29 is 57.1 Å². The number of sulfonamides is 1. The Morgan fingerprint density at radius 1 is 0.932 bits per heavy atom. The fourth-order valence-electron chi connectivity index (χ4n) is 3.87. The van der Waals surface area contributed by atoms with Gasteiger partial charge in [-0.3, -0.25) is 14.2 Å². The molecule has 1 aromatic heterocycles. The van der Waals surface area contributed by atoms with E-state index in [-0.39, 0.29) is 45.5 Å². The summed E-state index contributed by atoms with van der Waals surface area (Å²) in [5.74, 6) is -5.19. The Kier molecular flexibility index (Phi) is 8.54. The van der Waals surface area contributed by atoms with Crippen LogP contribution in [0.1, 0.15) is 39.7 Å². The summed E-state index contributed by atoms with van der Waals surface area (Å²) in [6, 6.07) is 0.804. The smallest absolute Gasteiger partial charge is 0.292 e. The second kappa shape index (κ2) is 11.1. The fraction of sp³-hybridized carbons (Fsp3) is 0.250. The number of carbonyl (C=O) groups excluding carboxylic acids is 1. The van der Waals surface area contributed by atoms with Crippen molar-refractivity contribution in [2.75, 3.05) is 10.1 Å². The third kappa shape index (κ3) is 6.17. The monoisotopic (exact) mass is 660 g/mol. The lowest BCUT2D eigenvalue weighted by atomic mass is 10.0. The van der Waals surface area contributed by atoms with Crippen LogP contribution in [0.25, 0.3) is 5.69 Å². The van der Waals surface area contributed by atoms with Gasteiger partial charge in [-0.05, 0) is 37.3 Å². The largest absolute Gasteiger partial charge is 0.431 e. The van der Waals surface area contributed by atoms with Gasteiger partial charge in [0.2, 0.25) is 10.0 Å². The predicted octanol–water partition coefficient (Wildman–Crippen LogP) is 4.60. The highest BCUT2D eigenvalue weighted by Crippen LogP contribution is 2.39. The van der Waals surface area contributed by atoms with Gasteiger partial charge < -0.3 is 0 Å². The number of rotatable bonds is 5. The van der Waals surface area contributed by atoms with E-state index < -0.39 is 101 Å². The molecule has 0 aliphatic carbocycles. The molecule has 0 aliphatic heterocycles. The topological polar surface area (TPSA) is 122 Å².